The third-order valence-electron chi connectivity index (χ3n) is 4.02. The van der Waals surface area contributed by atoms with Gasteiger partial charge in [0.05, 0.1) is 12.8 Å². The Bertz CT molecular complexity index is 874. The molecule has 2 aromatic heterocycles. The van der Waals surface area contributed by atoms with Gasteiger partial charge in [0.1, 0.15) is 12.3 Å². The molecular weight excluding hydrogens is 332 g/mol. The van der Waals surface area contributed by atoms with Crippen LogP contribution in [0, 0.1) is 5.92 Å². The zero-order chi connectivity index (χ0) is 18.5. The molecule has 1 amide bonds. The molecule has 3 rings (SSSR count). The van der Waals surface area contributed by atoms with Crippen LogP contribution in [0.5, 0.6) is 11.5 Å². The van der Waals surface area contributed by atoms with Crippen LogP contribution in [0.15, 0.2) is 48.8 Å². The average molecular weight is 354 g/mol. The van der Waals surface area contributed by atoms with E-state index in [4.69, 9.17) is 15.2 Å². The van der Waals surface area contributed by atoms with Crippen LogP contribution in [0.1, 0.15) is 12.6 Å². The number of hydrogen-bond donors (Lipinski definition) is 2. The number of ether oxygens (including phenoxy) is 2. The Kier molecular flexibility index (Phi) is 5.38. The standard InChI is InChI=1S/C19H22N4O3/c1-13(10-20)19(24)22-14-6-7-16(25-2)17(9-14)26-12-15-11-23-8-4-3-5-18(23)21-15/h3-9,11,13H,10,12,20H2,1-2H3,(H,22,24). The molecule has 0 fully saturated rings. The maximum atomic E-state index is 12.0. The number of nitrogens with one attached hydrogen (secondary N) is 1. The third-order valence-corrected chi connectivity index (χ3v) is 4.02. The number of amides is 1. The molecule has 0 aliphatic carbocycles. The number of anilines is 1. The molecule has 136 valence electrons. The first-order chi connectivity index (χ1) is 12.6. The predicted molar refractivity (Wildman–Crippen MR) is 99.4 cm³/mol. The minimum absolute atomic E-state index is 0.135. The maximum Gasteiger partial charge on any atom is 0.228 e. The molecule has 1 atom stereocenters. The van der Waals surface area contributed by atoms with E-state index in [1.807, 2.05) is 35.0 Å². The van der Waals surface area contributed by atoms with Crippen molar-refractivity contribution in [2.24, 2.45) is 11.7 Å². The molecule has 0 radical (unpaired) electrons. The van der Waals surface area contributed by atoms with Crippen LogP contribution in [0.2, 0.25) is 0 Å². The van der Waals surface area contributed by atoms with Crippen molar-refractivity contribution in [2.45, 2.75) is 13.5 Å². The van der Waals surface area contributed by atoms with Gasteiger partial charge in [-0.25, -0.2) is 4.98 Å². The fourth-order valence-corrected chi connectivity index (χ4v) is 2.45. The molecular formula is C19H22N4O3. The molecule has 3 N–H and O–H groups in total. The minimum Gasteiger partial charge on any atom is -0.493 e. The number of methoxy groups -OCH3 is 1. The molecule has 0 saturated carbocycles. The van der Waals surface area contributed by atoms with E-state index in [2.05, 4.69) is 10.3 Å². The van der Waals surface area contributed by atoms with Gasteiger partial charge >= 0.3 is 0 Å². The van der Waals surface area contributed by atoms with E-state index in [9.17, 15) is 4.79 Å². The van der Waals surface area contributed by atoms with E-state index < -0.39 is 0 Å². The Morgan fingerprint density at radius 3 is 2.88 bits per heavy atom. The summed E-state index contributed by atoms with van der Waals surface area (Å²) in [7, 11) is 1.57. The first-order valence-electron chi connectivity index (χ1n) is 8.35. The molecule has 2 heterocycles. The summed E-state index contributed by atoms with van der Waals surface area (Å²) in [5.74, 6) is 0.713. The summed E-state index contributed by atoms with van der Waals surface area (Å²) in [6.07, 6.45) is 3.84. The Balaban J connectivity index is 1.74. The van der Waals surface area contributed by atoms with Gasteiger partial charge in [-0.2, -0.15) is 0 Å². The van der Waals surface area contributed by atoms with Crippen molar-refractivity contribution in [3.63, 3.8) is 0 Å². The van der Waals surface area contributed by atoms with Crippen LogP contribution in [-0.4, -0.2) is 28.9 Å². The van der Waals surface area contributed by atoms with Crippen LogP contribution in [-0.2, 0) is 11.4 Å². The number of rotatable bonds is 7. The highest BCUT2D eigenvalue weighted by Crippen LogP contribution is 2.31. The van der Waals surface area contributed by atoms with E-state index >= 15 is 0 Å². The second-order valence-electron chi connectivity index (χ2n) is 5.98. The van der Waals surface area contributed by atoms with Crippen molar-refractivity contribution in [3.8, 4) is 11.5 Å². The first kappa shape index (κ1) is 17.8. The number of pyridine rings is 1. The SMILES string of the molecule is COc1ccc(NC(=O)C(C)CN)cc1OCc1cn2ccccc2n1. The van der Waals surface area contributed by atoms with Gasteiger partial charge in [-0.1, -0.05) is 13.0 Å². The number of carbonyl (C=O) groups excluding carboxylic acids is 1. The second-order valence-corrected chi connectivity index (χ2v) is 5.98. The maximum absolute atomic E-state index is 12.0. The summed E-state index contributed by atoms with van der Waals surface area (Å²) in [4.78, 5) is 16.5. The number of carbonyl (C=O) groups is 1. The normalized spacial score (nSPS) is 12.0. The van der Waals surface area contributed by atoms with Crippen molar-refractivity contribution < 1.29 is 14.3 Å². The van der Waals surface area contributed by atoms with Crippen LogP contribution in [0.3, 0.4) is 0 Å². The molecule has 1 aromatic carbocycles. The lowest BCUT2D eigenvalue weighted by molar-refractivity contribution is -0.119. The van der Waals surface area contributed by atoms with Gasteiger partial charge in [-0.3, -0.25) is 4.79 Å². The van der Waals surface area contributed by atoms with Gasteiger partial charge in [-0.15, -0.1) is 0 Å². The molecule has 7 nitrogen and oxygen atoms in total. The minimum atomic E-state index is -0.264. The largest absolute Gasteiger partial charge is 0.493 e. The third kappa shape index (κ3) is 3.94. The highest BCUT2D eigenvalue weighted by molar-refractivity contribution is 5.92. The topological polar surface area (TPSA) is 90.9 Å². The monoisotopic (exact) mass is 354 g/mol. The van der Waals surface area contributed by atoms with E-state index in [0.717, 1.165) is 11.3 Å². The zero-order valence-electron chi connectivity index (χ0n) is 14.8. The Morgan fingerprint density at radius 1 is 1.31 bits per heavy atom. The van der Waals surface area contributed by atoms with Crippen molar-refractivity contribution in [3.05, 3.63) is 54.5 Å². The summed E-state index contributed by atoms with van der Waals surface area (Å²) < 4.78 is 13.1. The first-order valence-corrected chi connectivity index (χ1v) is 8.35. The molecule has 0 aliphatic heterocycles. The van der Waals surface area contributed by atoms with Crippen LogP contribution >= 0.6 is 0 Å². The number of benzene rings is 1. The number of nitrogens with two attached hydrogens (primary N) is 1. The van der Waals surface area contributed by atoms with Crippen molar-refractivity contribution in [1.29, 1.82) is 0 Å². The van der Waals surface area contributed by atoms with E-state index in [-0.39, 0.29) is 18.4 Å². The lowest BCUT2D eigenvalue weighted by Gasteiger charge is -2.14. The Labute approximate surface area is 151 Å². The summed E-state index contributed by atoms with van der Waals surface area (Å²) in [6, 6.07) is 11.1. The van der Waals surface area contributed by atoms with Gasteiger partial charge in [0, 0.05) is 36.6 Å². The average Bonchev–Trinajstić information content (AvgIpc) is 3.08. The van der Waals surface area contributed by atoms with E-state index in [0.29, 0.717) is 23.7 Å². The van der Waals surface area contributed by atoms with Gasteiger partial charge < -0.3 is 24.9 Å². The van der Waals surface area contributed by atoms with E-state index in [1.165, 1.54) is 0 Å². The number of aromatic nitrogens is 2. The van der Waals surface area contributed by atoms with E-state index in [1.54, 1.807) is 32.2 Å². The molecule has 26 heavy (non-hydrogen) atoms. The predicted octanol–water partition coefficient (Wildman–Crippen LogP) is 2.46. The Hall–Kier alpha value is -3.06. The number of hydrogen-bond acceptors (Lipinski definition) is 5. The van der Waals surface area contributed by atoms with Crippen LogP contribution in [0.25, 0.3) is 5.65 Å². The molecule has 0 spiro atoms. The quantitative estimate of drug-likeness (QED) is 0.680. The summed E-state index contributed by atoms with van der Waals surface area (Å²) in [5.41, 5.74) is 7.81. The van der Waals surface area contributed by atoms with Crippen molar-refractivity contribution in [1.82, 2.24) is 9.38 Å². The fraction of sp³-hybridized carbons (Fsp3) is 0.263. The van der Waals surface area contributed by atoms with Crippen LogP contribution in [0.4, 0.5) is 5.69 Å². The second kappa shape index (κ2) is 7.88. The number of fused-ring (bicyclic) bond motifs is 1. The highest BCUT2D eigenvalue weighted by Gasteiger charge is 2.13. The lowest BCUT2D eigenvalue weighted by atomic mass is 10.1. The van der Waals surface area contributed by atoms with Crippen molar-refractivity contribution >= 4 is 17.2 Å². The molecule has 0 bridgehead atoms. The van der Waals surface area contributed by atoms with Gasteiger partial charge in [0.25, 0.3) is 0 Å². The lowest BCUT2D eigenvalue weighted by Crippen LogP contribution is -2.26. The van der Waals surface area contributed by atoms with Crippen molar-refractivity contribution in [2.75, 3.05) is 19.0 Å². The summed E-state index contributed by atoms with van der Waals surface area (Å²) in [5, 5.41) is 2.83. The summed E-state index contributed by atoms with van der Waals surface area (Å²) >= 11 is 0. The van der Waals surface area contributed by atoms with Gasteiger partial charge in [0.2, 0.25) is 5.91 Å². The molecule has 1 unspecified atom stereocenters. The summed E-state index contributed by atoms with van der Waals surface area (Å²) in [6.45, 7) is 2.35. The smallest absolute Gasteiger partial charge is 0.228 e. The molecule has 0 saturated heterocycles. The molecule has 7 heteroatoms. The number of imidazole rings is 1. The number of nitrogens with zero attached hydrogens (tertiary/aromatic N) is 2. The fourth-order valence-electron chi connectivity index (χ4n) is 2.45. The van der Waals surface area contributed by atoms with Gasteiger partial charge in [-0.05, 0) is 24.3 Å². The zero-order valence-corrected chi connectivity index (χ0v) is 14.8. The molecule has 0 aliphatic rings. The highest BCUT2D eigenvalue weighted by atomic mass is 16.5. The molecule has 3 aromatic rings. The Morgan fingerprint density at radius 2 is 2.15 bits per heavy atom. The van der Waals surface area contributed by atoms with Gasteiger partial charge in [0.15, 0.2) is 11.5 Å². The van der Waals surface area contributed by atoms with Crippen LogP contribution < -0.4 is 20.5 Å².